The Morgan fingerprint density at radius 3 is 2.61 bits per heavy atom. The number of hydrogen-bond acceptors (Lipinski definition) is 3. The van der Waals surface area contributed by atoms with Crippen molar-refractivity contribution in [3.63, 3.8) is 0 Å². The molecule has 1 aromatic carbocycles. The molecule has 1 N–H and O–H groups in total. The highest BCUT2D eigenvalue weighted by molar-refractivity contribution is 7.18. The molecule has 0 aliphatic heterocycles. The van der Waals surface area contributed by atoms with E-state index < -0.39 is 0 Å². The van der Waals surface area contributed by atoms with Crippen LogP contribution in [-0.4, -0.2) is 5.71 Å². The van der Waals surface area contributed by atoms with Gasteiger partial charge in [-0.1, -0.05) is 29.3 Å². The summed E-state index contributed by atoms with van der Waals surface area (Å²) in [5.74, 6) is 0. The van der Waals surface area contributed by atoms with Crippen LogP contribution in [0.4, 0.5) is 5.69 Å². The van der Waals surface area contributed by atoms with E-state index in [0.29, 0.717) is 0 Å². The lowest BCUT2D eigenvalue weighted by Gasteiger charge is -2.04. The monoisotopic (exact) mass is 298 g/mol. The maximum absolute atomic E-state index is 6.05. The molecule has 2 rings (SSSR count). The van der Waals surface area contributed by atoms with Crippen molar-refractivity contribution in [2.45, 2.75) is 13.8 Å². The van der Waals surface area contributed by atoms with Gasteiger partial charge in [-0.15, -0.1) is 11.3 Å². The van der Waals surface area contributed by atoms with Crippen molar-refractivity contribution < 1.29 is 0 Å². The van der Waals surface area contributed by atoms with E-state index in [1.807, 2.05) is 44.2 Å². The van der Waals surface area contributed by atoms with Crippen LogP contribution >= 0.6 is 34.5 Å². The largest absolute Gasteiger partial charge is 0.278 e. The quantitative estimate of drug-likeness (QED) is 0.611. The van der Waals surface area contributed by atoms with Crippen LogP contribution < -0.4 is 5.43 Å². The molecule has 0 unspecified atom stereocenters. The Morgan fingerprint density at radius 2 is 2.00 bits per heavy atom. The highest BCUT2D eigenvalue weighted by Crippen LogP contribution is 2.23. The Kier molecular flexibility index (Phi) is 4.27. The average molecular weight is 299 g/mol. The van der Waals surface area contributed by atoms with Crippen molar-refractivity contribution in [2.24, 2.45) is 5.10 Å². The van der Waals surface area contributed by atoms with E-state index in [0.717, 1.165) is 31.2 Å². The lowest BCUT2D eigenvalue weighted by molar-refractivity contribution is 1.32. The average Bonchev–Trinajstić information content (AvgIpc) is 2.77. The second kappa shape index (κ2) is 5.74. The van der Waals surface area contributed by atoms with Crippen LogP contribution in [0.25, 0.3) is 0 Å². The summed E-state index contributed by atoms with van der Waals surface area (Å²) in [6, 6.07) is 9.57. The van der Waals surface area contributed by atoms with E-state index in [1.54, 1.807) is 0 Å². The lowest BCUT2D eigenvalue weighted by atomic mass is 10.2. The first kappa shape index (κ1) is 13.4. The van der Waals surface area contributed by atoms with Gasteiger partial charge >= 0.3 is 0 Å². The molecule has 0 fully saturated rings. The number of benzene rings is 1. The number of hydrazone groups is 1. The number of thiophene rings is 1. The molecule has 0 aliphatic carbocycles. The van der Waals surface area contributed by atoms with Crippen molar-refractivity contribution >= 4 is 45.9 Å². The standard InChI is InChI=1S/C13H12Cl2N2S/c1-8-3-4-10(7-11(8)14)17-16-9(2)12-5-6-13(15)18-12/h3-7,17H,1-2H3. The molecule has 0 bridgehead atoms. The van der Waals surface area contributed by atoms with E-state index >= 15 is 0 Å². The number of aryl methyl sites for hydroxylation is 1. The van der Waals surface area contributed by atoms with E-state index in [4.69, 9.17) is 23.2 Å². The minimum atomic E-state index is 0.729. The summed E-state index contributed by atoms with van der Waals surface area (Å²) in [5, 5.41) is 5.04. The molecule has 2 nitrogen and oxygen atoms in total. The molecule has 0 saturated carbocycles. The molecule has 18 heavy (non-hydrogen) atoms. The summed E-state index contributed by atoms with van der Waals surface area (Å²) >= 11 is 13.4. The zero-order chi connectivity index (χ0) is 13.1. The third-order valence-corrected chi connectivity index (χ3v) is 4.20. The minimum Gasteiger partial charge on any atom is -0.278 e. The molecule has 0 radical (unpaired) electrons. The summed E-state index contributed by atoms with van der Waals surface area (Å²) in [5.41, 5.74) is 5.80. The number of hydrogen-bond donors (Lipinski definition) is 1. The van der Waals surface area contributed by atoms with Crippen LogP contribution in [0.1, 0.15) is 17.4 Å². The normalized spacial score (nSPS) is 11.7. The fraction of sp³-hybridized carbons (Fsp3) is 0.154. The van der Waals surface area contributed by atoms with E-state index in [-0.39, 0.29) is 0 Å². The van der Waals surface area contributed by atoms with Gasteiger partial charge in [0.1, 0.15) is 0 Å². The third kappa shape index (κ3) is 3.25. The topological polar surface area (TPSA) is 24.4 Å². The van der Waals surface area contributed by atoms with Gasteiger partial charge in [-0.05, 0) is 43.7 Å². The van der Waals surface area contributed by atoms with Crippen LogP contribution in [0.15, 0.2) is 35.4 Å². The van der Waals surface area contributed by atoms with Crippen LogP contribution in [0.2, 0.25) is 9.36 Å². The summed E-state index contributed by atoms with van der Waals surface area (Å²) < 4.78 is 0.762. The van der Waals surface area contributed by atoms with Crippen LogP contribution in [0.3, 0.4) is 0 Å². The second-order valence-corrected chi connectivity index (χ2v) is 6.00. The van der Waals surface area contributed by atoms with E-state index in [2.05, 4.69) is 10.5 Å². The maximum atomic E-state index is 6.05. The highest BCUT2D eigenvalue weighted by Gasteiger charge is 2.02. The van der Waals surface area contributed by atoms with Crippen molar-refractivity contribution in [3.05, 3.63) is 50.1 Å². The summed E-state index contributed by atoms with van der Waals surface area (Å²) in [6.45, 7) is 3.90. The van der Waals surface area contributed by atoms with Crippen LogP contribution in [-0.2, 0) is 0 Å². The number of halogens is 2. The fourth-order valence-corrected chi connectivity index (χ4v) is 2.54. The molecular formula is C13H12Cl2N2S. The first-order valence-corrected chi connectivity index (χ1v) is 6.95. The van der Waals surface area contributed by atoms with Crippen molar-refractivity contribution in [3.8, 4) is 0 Å². The van der Waals surface area contributed by atoms with Gasteiger partial charge in [0.25, 0.3) is 0 Å². The van der Waals surface area contributed by atoms with E-state index in [1.165, 1.54) is 11.3 Å². The Hall–Kier alpha value is -1.03. The SMILES string of the molecule is CC(=NNc1ccc(C)c(Cl)c1)c1ccc(Cl)s1. The molecule has 0 saturated heterocycles. The van der Waals surface area contributed by atoms with E-state index in [9.17, 15) is 0 Å². The zero-order valence-corrected chi connectivity index (χ0v) is 12.3. The lowest BCUT2D eigenvalue weighted by Crippen LogP contribution is -1.97. The molecule has 1 aromatic heterocycles. The second-order valence-electron chi connectivity index (χ2n) is 3.88. The Morgan fingerprint density at radius 1 is 1.22 bits per heavy atom. The maximum Gasteiger partial charge on any atom is 0.0935 e. The molecule has 5 heteroatoms. The predicted octanol–water partition coefficient (Wildman–Crippen LogP) is 5.20. The van der Waals surface area contributed by atoms with Gasteiger partial charge in [0.2, 0.25) is 0 Å². The number of rotatable bonds is 3. The Labute approximate surface area is 120 Å². The molecule has 94 valence electrons. The number of nitrogens with one attached hydrogen (secondary N) is 1. The zero-order valence-electron chi connectivity index (χ0n) is 10.00. The molecule has 0 aliphatic rings. The Balaban J connectivity index is 2.12. The van der Waals surface area contributed by atoms with Crippen molar-refractivity contribution in [2.75, 3.05) is 5.43 Å². The van der Waals surface area contributed by atoms with Gasteiger partial charge in [0.15, 0.2) is 0 Å². The molecule has 0 spiro atoms. The van der Waals surface area contributed by atoms with Crippen molar-refractivity contribution in [1.82, 2.24) is 0 Å². The van der Waals surface area contributed by atoms with Crippen LogP contribution in [0.5, 0.6) is 0 Å². The molecule has 1 heterocycles. The fourth-order valence-electron chi connectivity index (χ4n) is 1.37. The van der Waals surface area contributed by atoms with Gasteiger partial charge in [0, 0.05) is 5.02 Å². The first-order valence-electron chi connectivity index (χ1n) is 5.38. The summed E-state index contributed by atoms with van der Waals surface area (Å²) in [7, 11) is 0. The molecule has 2 aromatic rings. The molecular weight excluding hydrogens is 287 g/mol. The van der Waals surface area contributed by atoms with Gasteiger partial charge in [0.05, 0.1) is 20.6 Å². The summed E-state index contributed by atoms with van der Waals surface area (Å²) in [4.78, 5) is 1.05. The minimum absolute atomic E-state index is 0.729. The van der Waals surface area contributed by atoms with Gasteiger partial charge in [-0.25, -0.2) is 0 Å². The third-order valence-electron chi connectivity index (χ3n) is 2.45. The predicted molar refractivity (Wildman–Crippen MR) is 81.4 cm³/mol. The summed E-state index contributed by atoms with van der Waals surface area (Å²) in [6.07, 6.45) is 0. The van der Waals surface area contributed by atoms with Gasteiger partial charge < -0.3 is 0 Å². The molecule has 0 atom stereocenters. The number of nitrogens with zero attached hydrogens (tertiary/aromatic N) is 1. The first-order chi connectivity index (χ1) is 8.56. The van der Waals surface area contributed by atoms with Gasteiger partial charge in [-0.3, -0.25) is 5.43 Å². The van der Waals surface area contributed by atoms with Gasteiger partial charge in [-0.2, -0.15) is 5.10 Å². The smallest absolute Gasteiger partial charge is 0.0935 e. The van der Waals surface area contributed by atoms with Crippen LogP contribution in [0, 0.1) is 6.92 Å². The highest BCUT2D eigenvalue weighted by atomic mass is 35.5. The number of anilines is 1. The Bertz CT molecular complexity index is 590. The molecule has 0 amide bonds. The van der Waals surface area contributed by atoms with Crippen molar-refractivity contribution in [1.29, 1.82) is 0 Å².